The Morgan fingerprint density at radius 3 is 2.62 bits per heavy atom. The van der Waals surface area contributed by atoms with Gasteiger partial charge in [-0.05, 0) is 43.7 Å². The smallest absolute Gasteiger partial charge is 0.438 e. The van der Waals surface area contributed by atoms with E-state index in [1.54, 1.807) is 30.3 Å². The number of aromatic nitrogens is 2. The minimum Gasteiger partial charge on any atom is -0.488 e. The summed E-state index contributed by atoms with van der Waals surface area (Å²) < 4.78 is 24.4. The lowest BCUT2D eigenvalue weighted by Gasteiger charge is -2.34. The molecule has 0 spiro atoms. The first kappa shape index (κ1) is 23.3. The molecule has 178 valence electrons. The van der Waals surface area contributed by atoms with Gasteiger partial charge in [-0.15, -0.1) is 0 Å². The van der Waals surface area contributed by atoms with Crippen LogP contribution in [-0.4, -0.2) is 44.7 Å². The van der Waals surface area contributed by atoms with Crippen molar-refractivity contribution in [2.75, 3.05) is 12.0 Å². The molecular weight excluding hydrogens is 467 g/mol. The first-order chi connectivity index (χ1) is 16.3. The molecule has 34 heavy (non-hydrogen) atoms. The number of nitrogens with one attached hydrogen (secondary N) is 2. The molecule has 1 aliphatic heterocycles. The van der Waals surface area contributed by atoms with Gasteiger partial charge in [0.1, 0.15) is 6.67 Å². The maximum atomic E-state index is 14.5. The number of anilines is 1. The van der Waals surface area contributed by atoms with Crippen LogP contribution in [0.1, 0.15) is 25.2 Å². The number of urea groups is 1. The summed E-state index contributed by atoms with van der Waals surface area (Å²) in [5.74, 6) is -0.688. The highest BCUT2D eigenvalue weighted by Crippen LogP contribution is 2.24. The molecule has 10 nitrogen and oxygen atoms in total. The van der Waals surface area contributed by atoms with Crippen LogP contribution in [0.3, 0.4) is 0 Å². The van der Waals surface area contributed by atoms with Crippen LogP contribution in [-0.2, 0) is 13.1 Å². The first-order valence-electron chi connectivity index (χ1n) is 10.4. The summed E-state index contributed by atoms with van der Waals surface area (Å²) in [6.45, 7) is 3.77. The summed E-state index contributed by atoms with van der Waals surface area (Å²) in [6, 6.07) is 11.1. The Hall–Kier alpha value is -3.86. The number of aliphatic imine (C=N–C) groups is 1. The third kappa shape index (κ3) is 5.54. The molecule has 0 radical (unpaired) electrons. The predicted molar refractivity (Wildman–Crippen MR) is 123 cm³/mol. The molecule has 0 bridgehead atoms. The fraction of sp³-hybridized carbons (Fsp3) is 0.273. The number of carbonyl (C=O) groups excluding carboxylic acids is 1. The van der Waals surface area contributed by atoms with Crippen molar-refractivity contribution in [1.29, 1.82) is 0 Å². The van der Waals surface area contributed by atoms with E-state index in [1.165, 1.54) is 21.9 Å². The van der Waals surface area contributed by atoms with Gasteiger partial charge in [0, 0.05) is 16.8 Å². The van der Waals surface area contributed by atoms with Gasteiger partial charge >= 0.3 is 11.8 Å². The zero-order valence-electron chi connectivity index (χ0n) is 18.4. The van der Waals surface area contributed by atoms with Crippen molar-refractivity contribution in [3.05, 3.63) is 75.2 Å². The maximum Gasteiger partial charge on any atom is 0.438 e. The molecule has 1 aromatic heterocycles. The number of benzene rings is 2. The van der Waals surface area contributed by atoms with E-state index in [0.717, 1.165) is 5.56 Å². The van der Waals surface area contributed by atoms with E-state index >= 15 is 0 Å². The van der Waals surface area contributed by atoms with E-state index in [4.69, 9.17) is 16.3 Å². The lowest BCUT2D eigenvalue weighted by atomic mass is 10.2. The number of nitrogens with zero attached hydrogens (tertiary/aromatic N) is 4. The van der Waals surface area contributed by atoms with Gasteiger partial charge in [-0.3, -0.25) is 19.3 Å². The lowest BCUT2D eigenvalue weighted by Crippen LogP contribution is -2.52. The van der Waals surface area contributed by atoms with E-state index in [2.05, 4.69) is 25.0 Å². The van der Waals surface area contributed by atoms with Crippen molar-refractivity contribution >= 4 is 29.3 Å². The summed E-state index contributed by atoms with van der Waals surface area (Å²) in [6.07, 6.45) is -0.172. The Morgan fingerprint density at radius 1 is 1.21 bits per heavy atom. The lowest BCUT2D eigenvalue weighted by molar-refractivity contribution is 0.163. The highest BCUT2D eigenvalue weighted by molar-refractivity contribution is 6.30. The average Bonchev–Trinajstić information content (AvgIpc) is 3.20. The SMILES string of the molecule is CC(C)Oc1ccc(NC2=NCN(Cc3noc(=O)[nH]3)C(=O)N2Cc2ccc(Cl)cc2)cc1F. The second kappa shape index (κ2) is 9.96. The largest absolute Gasteiger partial charge is 0.488 e. The van der Waals surface area contributed by atoms with Gasteiger partial charge in [0.15, 0.2) is 17.4 Å². The number of hydrogen-bond acceptors (Lipinski definition) is 7. The van der Waals surface area contributed by atoms with E-state index in [9.17, 15) is 14.0 Å². The summed E-state index contributed by atoms with van der Waals surface area (Å²) in [5.41, 5.74) is 1.20. The Bertz CT molecular complexity index is 1260. The summed E-state index contributed by atoms with van der Waals surface area (Å²) in [7, 11) is 0. The molecule has 2 aromatic carbocycles. The van der Waals surface area contributed by atoms with E-state index in [-0.39, 0.29) is 43.4 Å². The Balaban J connectivity index is 1.58. The van der Waals surface area contributed by atoms with E-state index in [1.807, 2.05) is 13.8 Å². The molecule has 0 saturated carbocycles. The number of aromatic amines is 1. The van der Waals surface area contributed by atoms with Crippen molar-refractivity contribution in [3.8, 4) is 5.75 Å². The number of ether oxygens (including phenoxy) is 1. The number of amides is 2. The number of halogens is 2. The molecule has 0 aliphatic carbocycles. The summed E-state index contributed by atoms with van der Waals surface area (Å²) in [5, 5.41) is 7.18. The minimum absolute atomic E-state index is 0.00562. The van der Waals surface area contributed by atoms with Gasteiger partial charge in [-0.2, -0.15) is 0 Å². The van der Waals surface area contributed by atoms with Gasteiger partial charge in [-0.1, -0.05) is 28.9 Å². The number of rotatable bonds is 7. The molecule has 2 amide bonds. The predicted octanol–water partition coefficient (Wildman–Crippen LogP) is 3.81. The van der Waals surface area contributed by atoms with Crippen LogP contribution in [0.5, 0.6) is 5.75 Å². The van der Waals surface area contributed by atoms with Crippen molar-refractivity contribution in [2.45, 2.75) is 33.0 Å². The highest BCUT2D eigenvalue weighted by Gasteiger charge is 2.30. The van der Waals surface area contributed by atoms with Crippen molar-refractivity contribution in [1.82, 2.24) is 19.9 Å². The Kier molecular flexibility index (Phi) is 6.82. The molecule has 4 rings (SSSR count). The number of hydrogen-bond donors (Lipinski definition) is 2. The molecule has 0 unspecified atom stereocenters. The molecule has 12 heteroatoms. The topological polar surface area (TPSA) is 116 Å². The molecule has 1 aliphatic rings. The fourth-order valence-electron chi connectivity index (χ4n) is 3.27. The first-order valence-corrected chi connectivity index (χ1v) is 10.8. The molecule has 0 fully saturated rings. The number of carbonyl (C=O) groups is 1. The van der Waals surface area contributed by atoms with Crippen LogP contribution in [0, 0.1) is 5.82 Å². The standard InChI is InChI=1S/C22H22ClFN6O4/c1-13(2)33-18-8-7-16(9-17(18)24)26-20-25-12-29(11-19-27-21(31)34-28-19)22(32)30(20)10-14-3-5-15(23)6-4-14/h3-9,13H,10-12H2,1-2H3,(H,25,26)(H,27,28,31). The molecular formula is C22H22ClFN6O4. The zero-order valence-corrected chi connectivity index (χ0v) is 19.2. The molecule has 2 N–H and O–H groups in total. The molecule has 2 heterocycles. The van der Waals surface area contributed by atoms with Crippen molar-refractivity contribution < 1.29 is 18.4 Å². The van der Waals surface area contributed by atoms with Gasteiger partial charge in [0.25, 0.3) is 0 Å². The van der Waals surface area contributed by atoms with Gasteiger partial charge in [0.2, 0.25) is 5.96 Å². The van der Waals surface area contributed by atoms with Crippen LogP contribution in [0.15, 0.2) is 56.8 Å². The summed E-state index contributed by atoms with van der Waals surface area (Å²) >= 11 is 5.98. The van der Waals surface area contributed by atoms with Crippen LogP contribution in [0.25, 0.3) is 0 Å². The number of guanidine groups is 1. The normalized spacial score (nSPS) is 13.9. The third-order valence-corrected chi connectivity index (χ3v) is 5.03. The Labute approximate surface area is 199 Å². The molecule has 3 aromatic rings. The van der Waals surface area contributed by atoms with Crippen molar-refractivity contribution in [3.63, 3.8) is 0 Å². The minimum atomic E-state index is -0.713. The second-order valence-corrected chi connectivity index (χ2v) is 8.23. The average molecular weight is 489 g/mol. The molecule has 0 atom stereocenters. The maximum absolute atomic E-state index is 14.5. The second-order valence-electron chi connectivity index (χ2n) is 7.79. The van der Waals surface area contributed by atoms with Crippen LogP contribution in [0.2, 0.25) is 5.02 Å². The number of H-pyrrole nitrogens is 1. The van der Waals surface area contributed by atoms with Crippen LogP contribution >= 0.6 is 11.6 Å². The van der Waals surface area contributed by atoms with Crippen LogP contribution in [0.4, 0.5) is 14.9 Å². The summed E-state index contributed by atoms with van der Waals surface area (Å²) in [4.78, 5) is 34.2. The van der Waals surface area contributed by atoms with Gasteiger partial charge in [0.05, 0.1) is 19.2 Å². The van der Waals surface area contributed by atoms with Crippen LogP contribution < -0.4 is 15.8 Å². The van der Waals surface area contributed by atoms with Gasteiger partial charge < -0.3 is 10.1 Å². The van der Waals surface area contributed by atoms with Gasteiger partial charge in [-0.25, -0.2) is 19.0 Å². The molecule has 0 saturated heterocycles. The quantitative estimate of drug-likeness (QED) is 0.522. The Morgan fingerprint density at radius 2 is 1.97 bits per heavy atom. The fourth-order valence-corrected chi connectivity index (χ4v) is 3.39. The monoisotopic (exact) mass is 488 g/mol. The van der Waals surface area contributed by atoms with E-state index < -0.39 is 17.6 Å². The zero-order chi connectivity index (χ0) is 24.2. The van der Waals surface area contributed by atoms with Crippen molar-refractivity contribution in [2.24, 2.45) is 4.99 Å². The van der Waals surface area contributed by atoms with E-state index in [0.29, 0.717) is 10.7 Å². The highest BCUT2D eigenvalue weighted by atomic mass is 35.5. The third-order valence-electron chi connectivity index (χ3n) is 4.78.